The molecule has 1 aliphatic rings. The average molecular weight is 264 g/mol. The molecule has 0 saturated carbocycles. The fraction of sp³-hybridized carbons (Fsp3) is 0.615. The van der Waals surface area contributed by atoms with Gasteiger partial charge in [-0.3, -0.25) is 0 Å². The third-order valence-electron chi connectivity index (χ3n) is 3.19. The number of esters is 1. The van der Waals surface area contributed by atoms with Crippen LogP contribution in [0.1, 0.15) is 23.1 Å². The highest BCUT2D eigenvalue weighted by Gasteiger charge is 2.22. The van der Waals surface area contributed by atoms with Gasteiger partial charge in [0.05, 0.1) is 6.61 Å². The van der Waals surface area contributed by atoms with Crippen molar-refractivity contribution in [3.63, 3.8) is 0 Å². The Labute approximate surface area is 113 Å². The molecule has 0 amide bonds. The fourth-order valence-electron chi connectivity index (χ4n) is 2.07. The molecule has 6 nitrogen and oxygen atoms in total. The van der Waals surface area contributed by atoms with Crippen LogP contribution >= 0.6 is 0 Å². The van der Waals surface area contributed by atoms with Gasteiger partial charge in [0.2, 0.25) is 0 Å². The third-order valence-corrected chi connectivity index (χ3v) is 3.19. The molecular weight excluding hydrogens is 244 g/mol. The number of rotatable bonds is 3. The molecule has 6 heteroatoms. The molecule has 1 fully saturated rings. The van der Waals surface area contributed by atoms with Crippen LogP contribution in [0.4, 0.5) is 5.82 Å². The summed E-state index contributed by atoms with van der Waals surface area (Å²) in [6.45, 7) is 7.63. The largest absolute Gasteiger partial charge is 0.462 e. The zero-order valence-corrected chi connectivity index (χ0v) is 11.7. The first-order valence-electron chi connectivity index (χ1n) is 6.56. The van der Waals surface area contributed by atoms with Gasteiger partial charge >= 0.3 is 5.97 Å². The normalized spacial score (nSPS) is 16.5. The molecule has 1 aliphatic heterocycles. The van der Waals surface area contributed by atoms with Crippen LogP contribution < -0.4 is 4.90 Å². The number of likely N-dealkylation sites (N-methyl/N-ethyl adjacent to an activating group) is 1. The number of aryl methyl sites for hydroxylation is 1. The highest BCUT2D eigenvalue weighted by atomic mass is 16.5. The van der Waals surface area contributed by atoms with Crippen molar-refractivity contribution in [1.82, 2.24) is 14.9 Å². The summed E-state index contributed by atoms with van der Waals surface area (Å²) >= 11 is 0. The van der Waals surface area contributed by atoms with E-state index in [4.69, 9.17) is 4.74 Å². The zero-order valence-electron chi connectivity index (χ0n) is 11.7. The Hall–Kier alpha value is -1.69. The first kappa shape index (κ1) is 13.7. The molecule has 0 N–H and O–H groups in total. The van der Waals surface area contributed by atoms with Gasteiger partial charge in [-0.25, -0.2) is 14.8 Å². The molecule has 0 aliphatic carbocycles. The van der Waals surface area contributed by atoms with Crippen LogP contribution in [-0.2, 0) is 4.74 Å². The summed E-state index contributed by atoms with van der Waals surface area (Å²) in [5, 5.41) is 0. The summed E-state index contributed by atoms with van der Waals surface area (Å²) in [6.07, 6.45) is 1.56. The van der Waals surface area contributed by atoms with Crippen LogP contribution in [0.2, 0.25) is 0 Å². The van der Waals surface area contributed by atoms with Gasteiger partial charge in [-0.05, 0) is 20.9 Å². The average Bonchev–Trinajstić information content (AvgIpc) is 2.39. The minimum Gasteiger partial charge on any atom is -0.462 e. The molecule has 0 radical (unpaired) electrons. The van der Waals surface area contributed by atoms with Crippen molar-refractivity contribution in [1.29, 1.82) is 0 Å². The summed E-state index contributed by atoms with van der Waals surface area (Å²) in [5.41, 5.74) is 0.456. The number of ether oxygens (including phenoxy) is 1. The smallest absolute Gasteiger partial charge is 0.343 e. The second kappa shape index (κ2) is 5.97. The number of anilines is 1. The number of carbonyl (C=O) groups is 1. The Balaban J connectivity index is 2.27. The van der Waals surface area contributed by atoms with Crippen molar-refractivity contribution < 1.29 is 9.53 Å². The number of hydrogen-bond acceptors (Lipinski definition) is 6. The lowest BCUT2D eigenvalue weighted by atomic mass is 10.2. The SMILES string of the molecule is CCOC(=O)c1cnc(C)nc1N1CCN(C)CC1. The van der Waals surface area contributed by atoms with E-state index in [1.165, 1.54) is 0 Å². The number of nitrogens with zero attached hydrogens (tertiary/aromatic N) is 4. The monoisotopic (exact) mass is 264 g/mol. The van der Waals surface area contributed by atoms with E-state index in [1.54, 1.807) is 13.1 Å². The van der Waals surface area contributed by atoms with E-state index in [2.05, 4.69) is 26.8 Å². The number of piperazine rings is 1. The van der Waals surface area contributed by atoms with Crippen LogP contribution in [0, 0.1) is 6.92 Å². The second-order valence-corrected chi connectivity index (χ2v) is 4.67. The summed E-state index contributed by atoms with van der Waals surface area (Å²) in [7, 11) is 2.09. The first-order valence-corrected chi connectivity index (χ1v) is 6.56. The van der Waals surface area contributed by atoms with E-state index in [1.807, 2.05) is 6.92 Å². The van der Waals surface area contributed by atoms with Gasteiger partial charge in [-0.1, -0.05) is 0 Å². The molecule has 1 aromatic rings. The van der Waals surface area contributed by atoms with E-state index in [0.717, 1.165) is 26.2 Å². The van der Waals surface area contributed by atoms with Crippen LogP contribution in [-0.4, -0.2) is 60.7 Å². The van der Waals surface area contributed by atoms with Crippen LogP contribution in [0.3, 0.4) is 0 Å². The predicted octanol–water partition coefficient (Wildman–Crippen LogP) is 0.714. The van der Waals surface area contributed by atoms with E-state index in [9.17, 15) is 4.79 Å². The highest BCUT2D eigenvalue weighted by molar-refractivity contribution is 5.94. The molecule has 0 unspecified atom stereocenters. The lowest BCUT2D eigenvalue weighted by Crippen LogP contribution is -2.45. The van der Waals surface area contributed by atoms with Crippen LogP contribution in [0.25, 0.3) is 0 Å². The van der Waals surface area contributed by atoms with E-state index >= 15 is 0 Å². The molecule has 19 heavy (non-hydrogen) atoms. The zero-order chi connectivity index (χ0) is 13.8. The molecule has 0 spiro atoms. The van der Waals surface area contributed by atoms with E-state index in [-0.39, 0.29) is 5.97 Å². The molecule has 2 heterocycles. The van der Waals surface area contributed by atoms with E-state index in [0.29, 0.717) is 23.8 Å². The van der Waals surface area contributed by atoms with Gasteiger partial charge < -0.3 is 14.5 Å². The summed E-state index contributed by atoms with van der Waals surface area (Å²) in [5.74, 6) is 1.01. The fourth-order valence-corrected chi connectivity index (χ4v) is 2.07. The standard InChI is InChI=1S/C13H20N4O2/c1-4-19-13(18)11-9-14-10(2)15-12(11)17-7-5-16(3)6-8-17/h9H,4-8H2,1-3H3. The van der Waals surface area contributed by atoms with Gasteiger partial charge in [0.1, 0.15) is 17.2 Å². The summed E-state index contributed by atoms with van der Waals surface area (Å²) in [6, 6.07) is 0. The molecule has 2 rings (SSSR count). The number of hydrogen-bond donors (Lipinski definition) is 0. The molecule has 0 aromatic carbocycles. The summed E-state index contributed by atoms with van der Waals surface area (Å²) < 4.78 is 5.06. The highest BCUT2D eigenvalue weighted by Crippen LogP contribution is 2.19. The molecule has 0 bridgehead atoms. The molecule has 104 valence electrons. The quantitative estimate of drug-likeness (QED) is 0.750. The van der Waals surface area contributed by atoms with Gasteiger partial charge in [-0.15, -0.1) is 0 Å². The predicted molar refractivity (Wildman–Crippen MR) is 72.4 cm³/mol. The van der Waals surface area contributed by atoms with Crippen molar-refractivity contribution >= 4 is 11.8 Å². The topological polar surface area (TPSA) is 58.6 Å². The third kappa shape index (κ3) is 3.20. The lowest BCUT2D eigenvalue weighted by molar-refractivity contribution is 0.0526. The maximum Gasteiger partial charge on any atom is 0.343 e. The maximum absolute atomic E-state index is 11.9. The van der Waals surface area contributed by atoms with Crippen molar-refractivity contribution in [3.05, 3.63) is 17.6 Å². The van der Waals surface area contributed by atoms with Crippen molar-refractivity contribution in [2.75, 3.05) is 44.7 Å². The molecular formula is C13H20N4O2. The Morgan fingerprint density at radius 3 is 2.68 bits per heavy atom. The maximum atomic E-state index is 11.9. The minimum absolute atomic E-state index is 0.351. The van der Waals surface area contributed by atoms with Crippen molar-refractivity contribution in [2.45, 2.75) is 13.8 Å². The first-order chi connectivity index (χ1) is 9.11. The van der Waals surface area contributed by atoms with Gasteiger partial charge in [-0.2, -0.15) is 0 Å². The Morgan fingerprint density at radius 2 is 2.05 bits per heavy atom. The van der Waals surface area contributed by atoms with Crippen LogP contribution in [0.15, 0.2) is 6.20 Å². The Morgan fingerprint density at radius 1 is 1.37 bits per heavy atom. The molecule has 0 atom stereocenters. The molecule has 1 saturated heterocycles. The Kier molecular flexibility index (Phi) is 4.31. The van der Waals surface area contributed by atoms with Crippen LogP contribution in [0.5, 0.6) is 0 Å². The van der Waals surface area contributed by atoms with Gasteiger partial charge in [0, 0.05) is 32.4 Å². The van der Waals surface area contributed by atoms with E-state index < -0.39 is 0 Å². The number of aromatic nitrogens is 2. The van der Waals surface area contributed by atoms with Gasteiger partial charge in [0.25, 0.3) is 0 Å². The molecule has 1 aromatic heterocycles. The van der Waals surface area contributed by atoms with Gasteiger partial charge in [0.15, 0.2) is 0 Å². The lowest BCUT2D eigenvalue weighted by Gasteiger charge is -2.33. The second-order valence-electron chi connectivity index (χ2n) is 4.67. The Bertz CT molecular complexity index is 456. The van der Waals surface area contributed by atoms with Crippen molar-refractivity contribution in [3.8, 4) is 0 Å². The summed E-state index contributed by atoms with van der Waals surface area (Å²) in [4.78, 5) is 24.9. The minimum atomic E-state index is -0.351. The van der Waals surface area contributed by atoms with Crippen molar-refractivity contribution in [2.24, 2.45) is 0 Å². The number of carbonyl (C=O) groups excluding carboxylic acids is 1.